The number of cyclic esters (lactones) is 1. The molecule has 4 saturated heterocycles. The minimum atomic E-state index is -0.719. The van der Waals surface area contributed by atoms with Crippen LogP contribution in [0.15, 0.2) is 23.0 Å². The Labute approximate surface area is 151 Å². The van der Waals surface area contributed by atoms with Gasteiger partial charge in [-0.15, -0.1) is 0 Å². The van der Waals surface area contributed by atoms with Crippen molar-refractivity contribution in [3.05, 3.63) is 24.2 Å². The molecule has 0 amide bonds. The molecular weight excluding hydrogens is 336 g/mol. The van der Waals surface area contributed by atoms with Crippen LogP contribution in [0.1, 0.15) is 51.2 Å². The topological polar surface area (TPSA) is 78.3 Å². The average Bonchev–Trinajstić information content (AvgIpc) is 2.96. The molecule has 26 heavy (non-hydrogen) atoms. The molecule has 0 N–H and O–H groups in total. The van der Waals surface area contributed by atoms with Crippen LogP contribution < -0.4 is 0 Å². The molecular formula is C20H22O6. The van der Waals surface area contributed by atoms with Gasteiger partial charge in [0.25, 0.3) is 0 Å². The predicted molar refractivity (Wildman–Crippen MR) is 86.7 cm³/mol. The SMILES string of the molecule is C[C@H]1CC[C@@]23C(=O)OC(C[C@H]2[C@]12C[C@@H](c1ccoc1)OC2=O)[C@H]1O[C@]13C. The van der Waals surface area contributed by atoms with Crippen molar-refractivity contribution in [2.45, 2.75) is 63.4 Å². The molecule has 4 aliphatic heterocycles. The fraction of sp³-hybridized carbons (Fsp3) is 0.700. The molecule has 6 fully saturated rings. The number of esters is 2. The van der Waals surface area contributed by atoms with Gasteiger partial charge in [-0.2, -0.15) is 0 Å². The van der Waals surface area contributed by atoms with Crippen LogP contribution >= 0.6 is 0 Å². The summed E-state index contributed by atoms with van der Waals surface area (Å²) >= 11 is 0. The van der Waals surface area contributed by atoms with Crippen molar-refractivity contribution in [3.8, 4) is 0 Å². The number of epoxide rings is 1. The second-order valence-corrected chi connectivity index (χ2v) is 8.98. The number of hydrogen-bond donors (Lipinski definition) is 0. The van der Waals surface area contributed by atoms with Crippen molar-refractivity contribution in [2.24, 2.45) is 22.7 Å². The van der Waals surface area contributed by atoms with Crippen LogP contribution in [0.4, 0.5) is 0 Å². The van der Waals surface area contributed by atoms with E-state index in [2.05, 4.69) is 6.92 Å². The van der Waals surface area contributed by atoms with E-state index >= 15 is 0 Å². The van der Waals surface area contributed by atoms with Crippen LogP contribution in [0.5, 0.6) is 0 Å². The van der Waals surface area contributed by atoms with E-state index < -0.39 is 16.4 Å². The van der Waals surface area contributed by atoms with Crippen LogP contribution in [-0.2, 0) is 23.8 Å². The summed E-state index contributed by atoms with van der Waals surface area (Å²) in [4.78, 5) is 26.3. The van der Waals surface area contributed by atoms with Gasteiger partial charge in [0, 0.05) is 12.0 Å². The third kappa shape index (κ3) is 1.40. The van der Waals surface area contributed by atoms with Crippen molar-refractivity contribution in [3.63, 3.8) is 0 Å². The lowest BCUT2D eigenvalue weighted by molar-refractivity contribution is -0.219. The van der Waals surface area contributed by atoms with E-state index in [1.54, 1.807) is 12.5 Å². The van der Waals surface area contributed by atoms with Gasteiger partial charge in [0.1, 0.15) is 29.3 Å². The maximum Gasteiger partial charge on any atom is 0.315 e. The summed E-state index contributed by atoms with van der Waals surface area (Å²) < 4.78 is 22.8. The molecule has 2 bridgehead atoms. The van der Waals surface area contributed by atoms with Gasteiger partial charge < -0.3 is 18.6 Å². The zero-order valence-electron chi connectivity index (χ0n) is 14.9. The first-order valence-electron chi connectivity index (χ1n) is 9.55. The lowest BCUT2D eigenvalue weighted by atomic mass is 9.42. The number of ether oxygens (including phenoxy) is 3. The van der Waals surface area contributed by atoms with Crippen LogP contribution in [-0.4, -0.2) is 29.7 Å². The van der Waals surface area contributed by atoms with E-state index in [0.29, 0.717) is 12.8 Å². The van der Waals surface area contributed by atoms with Crippen molar-refractivity contribution in [1.82, 2.24) is 0 Å². The summed E-state index contributed by atoms with van der Waals surface area (Å²) in [5.74, 6) is -0.254. The molecule has 7 rings (SSSR count). The van der Waals surface area contributed by atoms with Crippen molar-refractivity contribution >= 4 is 11.9 Å². The average molecular weight is 358 g/mol. The molecule has 8 atom stereocenters. The number of carbonyl (C=O) groups is 2. The smallest absolute Gasteiger partial charge is 0.315 e. The fourth-order valence-electron chi connectivity index (χ4n) is 6.84. The highest BCUT2D eigenvalue weighted by atomic mass is 16.7. The van der Waals surface area contributed by atoms with Crippen LogP contribution in [0.3, 0.4) is 0 Å². The Bertz CT molecular complexity index is 816. The van der Waals surface area contributed by atoms with Gasteiger partial charge in [0.15, 0.2) is 0 Å². The van der Waals surface area contributed by atoms with Crippen molar-refractivity contribution in [2.75, 3.05) is 0 Å². The van der Waals surface area contributed by atoms with Gasteiger partial charge in [-0.25, -0.2) is 0 Å². The highest BCUT2D eigenvalue weighted by Gasteiger charge is 2.85. The summed E-state index contributed by atoms with van der Waals surface area (Å²) in [6.07, 6.45) is 5.51. The largest absolute Gasteiger partial charge is 0.472 e. The van der Waals surface area contributed by atoms with E-state index in [0.717, 1.165) is 18.4 Å². The monoisotopic (exact) mass is 358 g/mol. The Balaban J connectivity index is 1.48. The zero-order chi connectivity index (χ0) is 17.9. The van der Waals surface area contributed by atoms with Gasteiger partial charge >= 0.3 is 11.9 Å². The van der Waals surface area contributed by atoms with E-state index in [1.807, 2.05) is 13.0 Å². The Kier molecular flexibility index (Phi) is 2.55. The Morgan fingerprint density at radius 1 is 1.19 bits per heavy atom. The molecule has 0 aromatic carbocycles. The van der Waals surface area contributed by atoms with Crippen LogP contribution in [0.25, 0.3) is 0 Å². The first-order valence-corrected chi connectivity index (χ1v) is 9.55. The molecule has 2 saturated carbocycles. The summed E-state index contributed by atoms with van der Waals surface area (Å²) in [5.41, 5.74) is -0.977. The summed E-state index contributed by atoms with van der Waals surface area (Å²) in [7, 11) is 0. The minimum absolute atomic E-state index is 0.0102. The lowest BCUT2D eigenvalue weighted by Crippen LogP contribution is -2.69. The van der Waals surface area contributed by atoms with Gasteiger partial charge in [0.2, 0.25) is 0 Å². The van der Waals surface area contributed by atoms with Gasteiger partial charge in [-0.3, -0.25) is 9.59 Å². The second-order valence-electron chi connectivity index (χ2n) is 8.98. The second kappa shape index (κ2) is 4.35. The standard InChI is InChI=1S/C20H22O6/c1-10-3-5-20-14(7-12(24-17(20)22)15-18(20,2)26-15)19(10)8-13(25-16(19)21)11-4-6-23-9-11/h4,6,9-10,12-15H,3,5,7-8H2,1-2H3/t10-,12?,13-,14-,15+,18+,19-,20-/m0/s1. The maximum atomic E-state index is 13.3. The van der Waals surface area contributed by atoms with Crippen molar-refractivity contribution in [1.29, 1.82) is 0 Å². The predicted octanol–water partition coefficient (Wildman–Crippen LogP) is 2.77. The third-order valence-electron chi connectivity index (χ3n) is 8.31. The quantitative estimate of drug-likeness (QED) is 0.567. The highest BCUT2D eigenvalue weighted by Crippen LogP contribution is 2.75. The maximum absolute atomic E-state index is 13.3. The minimum Gasteiger partial charge on any atom is -0.472 e. The molecule has 6 aliphatic rings. The van der Waals surface area contributed by atoms with Crippen LogP contribution in [0, 0.1) is 22.7 Å². The molecule has 138 valence electrons. The van der Waals surface area contributed by atoms with Gasteiger partial charge in [0.05, 0.1) is 17.9 Å². The molecule has 6 heteroatoms. The first-order chi connectivity index (χ1) is 12.4. The van der Waals surface area contributed by atoms with Gasteiger partial charge in [-0.1, -0.05) is 6.92 Å². The molecule has 5 heterocycles. The third-order valence-corrected chi connectivity index (χ3v) is 8.31. The number of rotatable bonds is 1. The number of fused-ring (bicyclic) bond motifs is 1. The van der Waals surface area contributed by atoms with Gasteiger partial charge in [-0.05, 0) is 44.1 Å². The van der Waals surface area contributed by atoms with E-state index in [1.165, 1.54) is 0 Å². The summed E-state index contributed by atoms with van der Waals surface area (Å²) in [5, 5.41) is 0. The Hall–Kier alpha value is -1.82. The van der Waals surface area contributed by atoms with E-state index in [9.17, 15) is 9.59 Å². The Morgan fingerprint density at radius 3 is 2.81 bits per heavy atom. The number of hydrogen-bond acceptors (Lipinski definition) is 6. The number of carbonyl (C=O) groups excluding carboxylic acids is 2. The molecule has 1 aromatic heterocycles. The fourth-order valence-corrected chi connectivity index (χ4v) is 6.84. The molecule has 1 aromatic rings. The molecule has 1 unspecified atom stereocenters. The summed E-state index contributed by atoms with van der Waals surface area (Å²) in [6, 6.07) is 1.85. The number of furan rings is 1. The molecule has 2 spiro atoms. The van der Waals surface area contributed by atoms with E-state index in [4.69, 9.17) is 18.6 Å². The Morgan fingerprint density at radius 2 is 2.04 bits per heavy atom. The van der Waals surface area contributed by atoms with Crippen LogP contribution in [0.2, 0.25) is 0 Å². The zero-order valence-corrected chi connectivity index (χ0v) is 14.9. The molecule has 0 radical (unpaired) electrons. The molecule has 6 nitrogen and oxygen atoms in total. The van der Waals surface area contributed by atoms with Crippen molar-refractivity contribution < 1.29 is 28.2 Å². The molecule has 2 aliphatic carbocycles. The highest BCUT2D eigenvalue weighted by molar-refractivity contribution is 5.87. The normalized spacial score (nSPS) is 53.8. The first kappa shape index (κ1) is 15.3. The van der Waals surface area contributed by atoms with E-state index in [-0.39, 0.29) is 42.1 Å². The lowest BCUT2D eigenvalue weighted by Gasteiger charge is -2.60. The summed E-state index contributed by atoms with van der Waals surface area (Å²) in [6.45, 7) is 4.17.